The lowest BCUT2D eigenvalue weighted by molar-refractivity contribution is -0.141. The molecule has 0 radical (unpaired) electrons. The maximum Gasteiger partial charge on any atom is 0.410 e. The van der Waals surface area contributed by atoms with E-state index in [1.54, 1.807) is 17.6 Å². The Labute approximate surface area is 216 Å². The van der Waals surface area contributed by atoms with Crippen molar-refractivity contribution in [2.75, 3.05) is 45.1 Å². The zero-order valence-corrected chi connectivity index (χ0v) is 21.6. The summed E-state index contributed by atoms with van der Waals surface area (Å²) in [6.07, 6.45) is 2.33. The predicted molar refractivity (Wildman–Crippen MR) is 133 cm³/mol. The molecule has 0 saturated carbocycles. The number of hydrogen-bond acceptors (Lipinski definition) is 8. The number of nitrogens with zero attached hydrogens (tertiary/aromatic N) is 3. The minimum atomic E-state index is -3.86. The molecule has 200 valence electrons. The van der Waals surface area contributed by atoms with Crippen LogP contribution in [0, 0.1) is 23.7 Å². The number of rotatable bonds is 6. The number of hydroxylamine groups is 1. The van der Waals surface area contributed by atoms with E-state index in [2.05, 4.69) is 6.07 Å². The molecule has 11 nitrogen and oxygen atoms in total. The van der Waals surface area contributed by atoms with Gasteiger partial charge in [0.2, 0.25) is 10.0 Å². The third-order valence-corrected chi connectivity index (χ3v) is 9.48. The number of nitrogens with one attached hydrogen (secondary N) is 1. The molecule has 37 heavy (non-hydrogen) atoms. The molecule has 0 bridgehead atoms. The van der Waals surface area contributed by atoms with Gasteiger partial charge >= 0.3 is 6.09 Å². The molecule has 0 spiro atoms. The number of carbonyl (C=O) groups is 2. The van der Waals surface area contributed by atoms with Crippen LogP contribution in [0.1, 0.15) is 42.4 Å². The van der Waals surface area contributed by atoms with E-state index in [1.165, 1.54) is 9.21 Å². The molecule has 2 amide bonds. The van der Waals surface area contributed by atoms with Crippen molar-refractivity contribution in [3.05, 3.63) is 41.0 Å². The SMILES string of the molecule is Cc1cc(C#N)ccc1C1=CCN(S(=O)(=O)CC2(C(=O)NO)CCN(C(=O)OC3CCOC3)CC2)CC1. The van der Waals surface area contributed by atoms with Gasteiger partial charge in [0.25, 0.3) is 5.91 Å². The largest absolute Gasteiger partial charge is 0.444 e. The topological polar surface area (TPSA) is 149 Å². The Morgan fingerprint density at radius 1 is 1.30 bits per heavy atom. The van der Waals surface area contributed by atoms with Crippen molar-refractivity contribution in [1.29, 1.82) is 5.26 Å². The Kier molecular flexibility index (Phi) is 8.18. The first-order valence-corrected chi connectivity index (χ1v) is 13.9. The number of benzene rings is 1. The smallest absolute Gasteiger partial charge is 0.410 e. The van der Waals surface area contributed by atoms with Crippen molar-refractivity contribution in [2.24, 2.45) is 5.41 Å². The molecule has 1 aromatic carbocycles. The molecule has 2 N–H and O–H groups in total. The predicted octanol–water partition coefficient (Wildman–Crippen LogP) is 1.80. The Hall–Kier alpha value is -2.98. The van der Waals surface area contributed by atoms with Crippen LogP contribution < -0.4 is 5.48 Å². The van der Waals surface area contributed by atoms with Crippen LogP contribution >= 0.6 is 0 Å². The monoisotopic (exact) mass is 532 g/mol. The second-order valence-corrected chi connectivity index (χ2v) is 11.8. The molecule has 3 aliphatic heterocycles. The van der Waals surface area contributed by atoms with E-state index >= 15 is 0 Å². The maximum absolute atomic E-state index is 13.4. The van der Waals surface area contributed by atoms with E-state index in [-0.39, 0.29) is 45.1 Å². The molecule has 2 saturated heterocycles. The molecule has 0 aromatic heterocycles. The molecular formula is C25H32N4O7S. The number of sulfonamides is 1. The van der Waals surface area contributed by atoms with Gasteiger partial charge in [-0.05, 0) is 55.0 Å². The number of piperidine rings is 1. The summed E-state index contributed by atoms with van der Waals surface area (Å²) in [6.45, 7) is 3.50. The van der Waals surface area contributed by atoms with Gasteiger partial charge in [0.1, 0.15) is 6.10 Å². The Morgan fingerprint density at radius 2 is 2.05 bits per heavy atom. The average Bonchev–Trinajstić information content (AvgIpc) is 3.41. The van der Waals surface area contributed by atoms with Crippen LogP contribution in [0.5, 0.6) is 0 Å². The van der Waals surface area contributed by atoms with Crippen LogP contribution in [0.2, 0.25) is 0 Å². The molecule has 12 heteroatoms. The Balaban J connectivity index is 1.42. The van der Waals surface area contributed by atoms with Gasteiger partial charge in [-0.2, -0.15) is 9.57 Å². The van der Waals surface area contributed by atoms with Crippen LogP contribution in [0.15, 0.2) is 24.3 Å². The summed E-state index contributed by atoms with van der Waals surface area (Å²) < 4.78 is 38.8. The van der Waals surface area contributed by atoms with E-state index in [1.807, 2.05) is 19.1 Å². The minimum Gasteiger partial charge on any atom is -0.444 e. The van der Waals surface area contributed by atoms with Crippen LogP contribution in [-0.4, -0.2) is 86.1 Å². The van der Waals surface area contributed by atoms with Gasteiger partial charge in [-0.15, -0.1) is 0 Å². The van der Waals surface area contributed by atoms with Crippen molar-refractivity contribution >= 4 is 27.6 Å². The van der Waals surface area contributed by atoms with E-state index in [4.69, 9.17) is 14.7 Å². The summed E-state index contributed by atoms with van der Waals surface area (Å²) in [5, 5.41) is 18.5. The van der Waals surface area contributed by atoms with Crippen LogP contribution in [0.3, 0.4) is 0 Å². The van der Waals surface area contributed by atoms with E-state index in [0.29, 0.717) is 31.6 Å². The number of ether oxygens (including phenoxy) is 2. The van der Waals surface area contributed by atoms with Crippen molar-refractivity contribution in [3.8, 4) is 6.07 Å². The second-order valence-electron chi connectivity index (χ2n) is 9.81. The van der Waals surface area contributed by atoms with Crippen molar-refractivity contribution in [2.45, 2.75) is 38.7 Å². The summed E-state index contributed by atoms with van der Waals surface area (Å²) in [7, 11) is -3.86. The number of carbonyl (C=O) groups excluding carboxylic acids is 2. The minimum absolute atomic E-state index is 0.0776. The molecule has 0 aliphatic carbocycles. The zero-order chi connectivity index (χ0) is 26.6. The fourth-order valence-electron chi connectivity index (χ4n) is 5.18. The van der Waals surface area contributed by atoms with Gasteiger partial charge in [-0.25, -0.2) is 18.7 Å². The summed E-state index contributed by atoms with van der Waals surface area (Å²) in [5.41, 5.74) is 3.79. The van der Waals surface area contributed by atoms with Gasteiger partial charge in [0, 0.05) is 32.6 Å². The van der Waals surface area contributed by atoms with Gasteiger partial charge in [0.05, 0.1) is 36.0 Å². The molecule has 1 aromatic rings. The lowest BCUT2D eigenvalue weighted by Crippen LogP contribution is -2.54. The van der Waals surface area contributed by atoms with Crippen molar-refractivity contribution in [3.63, 3.8) is 0 Å². The standard InChI is InChI=1S/C25H32N4O7S/c1-18-14-19(15-26)2-3-22(18)20-4-9-29(10-5-20)37(33,34)17-25(23(30)27-32)7-11-28(12-8-25)24(31)36-21-6-13-35-16-21/h2-4,14,21,32H,5-13,16-17H2,1H3,(H,27,30). The molecule has 4 rings (SSSR count). The van der Waals surface area contributed by atoms with Gasteiger partial charge in [0.15, 0.2) is 0 Å². The van der Waals surface area contributed by atoms with E-state index in [9.17, 15) is 23.2 Å². The molecule has 1 atom stereocenters. The quantitative estimate of drug-likeness (QED) is 0.416. The van der Waals surface area contributed by atoms with Gasteiger partial charge < -0.3 is 14.4 Å². The summed E-state index contributed by atoms with van der Waals surface area (Å²) in [4.78, 5) is 26.7. The summed E-state index contributed by atoms with van der Waals surface area (Å²) in [5.74, 6) is -1.24. The fraction of sp³-hybridized carbons (Fsp3) is 0.560. The van der Waals surface area contributed by atoms with Crippen LogP contribution in [-0.2, 0) is 24.3 Å². The van der Waals surface area contributed by atoms with E-state index in [0.717, 1.165) is 16.7 Å². The number of aryl methyl sites for hydroxylation is 1. The second kappa shape index (κ2) is 11.2. The van der Waals surface area contributed by atoms with Crippen molar-refractivity contribution < 1.29 is 32.7 Å². The third kappa shape index (κ3) is 5.96. The number of hydrogen-bond donors (Lipinski definition) is 2. The average molecular weight is 533 g/mol. The highest BCUT2D eigenvalue weighted by atomic mass is 32.2. The molecule has 1 unspecified atom stereocenters. The molecule has 2 fully saturated rings. The zero-order valence-electron chi connectivity index (χ0n) is 20.8. The van der Waals surface area contributed by atoms with Gasteiger partial charge in [-0.3, -0.25) is 10.0 Å². The third-order valence-electron chi connectivity index (χ3n) is 7.44. The normalized spacial score (nSPS) is 22.1. The first-order chi connectivity index (χ1) is 17.7. The number of amides is 2. The lowest BCUT2D eigenvalue weighted by atomic mass is 9.79. The first-order valence-electron chi connectivity index (χ1n) is 12.3. The van der Waals surface area contributed by atoms with Crippen LogP contribution in [0.25, 0.3) is 5.57 Å². The number of likely N-dealkylation sites (tertiary alicyclic amines) is 1. The summed E-state index contributed by atoms with van der Waals surface area (Å²) >= 11 is 0. The highest BCUT2D eigenvalue weighted by Gasteiger charge is 2.47. The highest BCUT2D eigenvalue weighted by molar-refractivity contribution is 7.89. The molecular weight excluding hydrogens is 500 g/mol. The van der Waals surface area contributed by atoms with Gasteiger partial charge in [-0.1, -0.05) is 12.1 Å². The fourth-order valence-corrected chi connectivity index (χ4v) is 7.15. The molecule has 3 heterocycles. The Bertz CT molecular complexity index is 1210. The maximum atomic E-state index is 13.4. The first kappa shape index (κ1) is 27.1. The van der Waals surface area contributed by atoms with Crippen molar-refractivity contribution in [1.82, 2.24) is 14.7 Å². The molecule has 3 aliphatic rings. The lowest BCUT2D eigenvalue weighted by Gasteiger charge is -2.40. The van der Waals surface area contributed by atoms with Crippen LogP contribution in [0.4, 0.5) is 4.79 Å². The van der Waals surface area contributed by atoms with E-state index < -0.39 is 33.2 Å². The summed E-state index contributed by atoms with van der Waals surface area (Å²) in [6, 6.07) is 7.54. The Morgan fingerprint density at radius 3 is 2.62 bits per heavy atom. The highest BCUT2D eigenvalue weighted by Crippen LogP contribution is 2.36. The number of nitriles is 1.